The van der Waals surface area contributed by atoms with Gasteiger partial charge >= 0.3 is 5.97 Å². The first-order valence-electron chi connectivity index (χ1n) is 5.41. The maximum Gasteiger partial charge on any atom is 0.342 e. The smallest absolute Gasteiger partial charge is 0.342 e. The molecule has 0 heterocycles. The van der Waals surface area contributed by atoms with E-state index in [-0.39, 0.29) is 12.2 Å². The standard InChI is InChI=1S/C12H12F2N2O3/c1-2-19-12(18)9(14)10(16)6-3-4-8(13)7(5-15)11(6)17/h3-4,9-10,17H,2,16H2,1H3/t9?,10-/m1/s1. The van der Waals surface area contributed by atoms with Crippen molar-refractivity contribution in [2.75, 3.05) is 6.61 Å². The number of aromatic hydroxyl groups is 1. The lowest BCUT2D eigenvalue weighted by molar-refractivity contribution is -0.149. The highest BCUT2D eigenvalue weighted by atomic mass is 19.1. The highest BCUT2D eigenvalue weighted by molar-refractivity contribution is 5.76. The zero-order chi connectivity index (χ0) is 14.6. The summed E-state index contributed by atoms with van der Waals surface area (Å²) in [5, 5.41) is 18.3. The highest BCUT2D eigenvalue weighted by Crippen LogP contribution is 2.31. The summed E-state index contributed by atoms with van der Waals surface area (Å²) in [5.41, 5.74) is 4.59. The fourth-order valence-electron chi connectivity index (χ4n) is 1.48. The number of carbonyl (C=O) groups is 1. The Morgan fingerprint density at radius 1 is 1.63 bits per heavy atom. The summed E-state index contributed by atoms with van der Waals surface area (Å²) in [5.74, 6) is -2.92. The molecular formula is C12H12F2N2O3. The van der Waals surface area contributed by atoms with Crippen LogP contribution in [0.5, 0.6) is 5.75 Å². The van der Waals surface area contributed by atoms with Gasteiger partial charge in [0.2, 0.25) is 6.17 Å². The predicted molar refractivity (Wildman–Crippen MR) is 61.2 cm³/mol. The van der Waals surface area contributed by atoms with Crippen molar-refractivity contribution in [3.8, 4) is 11.8 Å². The van der Waals surface area contributed by atoms with E-state index in [1.165, 1.54) is 13.0 Å². The Morgan fingerprint density at radius 2 is 2.26 bits per heavy atom. The third kappa shape index (κ3) is 2.98. The van der Waals surface area contributed by atoms with E-state index in [1.54, 1.807) is 0 Å². The number of phenolic OH excluding ortho intramolecular Hbond substituents is 1. The van der Waals surface area contributed by atoms with Crippen molar-refractivity contribution >= 4 is 5.97 Å². The SMILES string of the molecule is CCOC(=O)C(F)[C@H](N)c1ccc(F)c(C#N)c1O. The maximum absolute atomic E-state index is 13.7. The minimum atomic E-state index is -2.22. The van der Waals surface area contributed by atoms with Gasteiger partial charge in [0.15, 0.2) is 0 Å². The van der Waals surface area contributed by atoms with Gasteiger partial charge < -0.3 is 15.6 Å². The molecule has 1 aromatic rings. The Kier molecular flexibility index (Phi) is 4.78. The molecule has 0 radical (unpaired) electrons. The van der Waals surface area contributed by atoms with Gasteiger partial charge in [0.05, 0.1) is 12.6 Å². The number of benzene rings is 1. The minimum absolute atomic E-state index is 0.0230. The minimum Gasteiger partial charge on any atom is -0.506 e. The molecule has 0 saturated carbocycles. The molecule has 1 aromatic carbocycles. The Bertz CT molecular complexity index is 528. The quantitative estimate of drug-likeness (QED) is 0.804. The van der Waals surface area contributed by atoms with Crippen LogP contribution < -0.4 is 5.73 Å². The molecule has 0 amide bonds. The number of phenols is 1. The highest BCUT2D eigenvalue weighted by Gasteiger charge is 2.30. The molecule has 0 aliphatic rings. The number of nitrogens with zero attached hydrogens (tertiary/aromatic N) is 1. The summed E-state index contributed by atoms with van der Waals surface area (Å²) in [6.07, 6.45) is -2.22. The van der Waals surface area contributed by atoms with E-state index in [4.69, 9.17) is 11.0 Å². The number of nitrogens with two attached hydrogens (primary N) is 1. The average Bonchev–Trinajstić information content (AvgIpc) is 2.38. The lowest BCUT2D eigenvalue weighted by atomic mass is 9.99. The van der Waals surface area contributed by atoms with Crippen LogP contribution in [0.15, 0.2) is 12.1 Å². The van der Waals surface area contributed by atoms with Gasteiger partial charge in [-0.3, -0.25) is 0 Å². The lowest BCUT2D eigenvalue weighted by Gasteiger charge is -2.17. The van der Waals surface area contributed by atoms with Gasteiger partial charge in [-0.1, -0.05) is 6.07 Å². The van der Waals surface area contributed by atoms with Crippen LogP contribution >= 0.6 is 0 Å². The van der Waals surface area contributed by atoms with Gasteiger partial charge in [0, 0.05) is 5.56 Å². The topological polar surface area (TPSA) is 96.3 Å². The zero-order valence-corrected chi connectivity index (χ0v) is 10.1. The first-order chi connectivity index (χ1) is 8.93. The molecule has 3 N–H and O–H groups in total. The first-order valence-corrected chi connectivity index (χ1v) is 5.41. The molecule has 7 heteroatoms. The van der Waals surface area contributed by atoms with Crippen molar-refractivity contribution in [1.82, 2.24) is 0 Å². The van der Waals surface area contributed by atoms with E-state index in [0.717, 1.165) is 12.1 Å². The number of hydrogen-bond donors (Lipinski definition) is 2. The number of alkyl halides is 1. The van der Waals surface area contributed by atoms with Crippen LogP contribution in [-0.4, -0.2) is 23.9 Å². The molecule has 0 aliphatic heterocycles. The van der Waals surface area contributed by atoms with Gasteiger partial charge in [-0.05, 0) is 13.0 Å². The second-order valence-electron chi connectivity index (χ2n) is 3.65. The summed E-state index contributed by atoms with van der Waals surface area (Å²) in [4.78, 5) is 11.2. The Morgan fingerprint density at radius 3 is 2.79 bits per heavy atom. The molecule has 0 aromatic heterocycles. The fraction of sp³-hybridized carbons (Fsp3) is 0.333. The van der Waals surface area contributed by atoms with Crippen LogP contribution in [0.3, 0.4) is 0 Å². The molecule has 0 aliphatic carbocycles. The molecule has 0 saturated heterocycles. The monoisotopic (exact) mass is 270 g/mol. The number of nitriles is 1. The van der Waals surface area contributed by atoms with Crippen molar-refractivity contribution in [2.24, 2.45) is 5.73 Å². The third-order valence-corrected chi connectivity index (χ3v) is 2.46. The Balaban J connectivity index is 3.11. The maximum atomic E-state index is 13.7. The number of hydrogen-bond acceptors (Lipinski definition) is 5. The Labute approximate surface area is 108 Å². The molecular weight excluding hydrogens is 258 g/mol. The molecule has 1 rings (SSSR count). The zero-order valence-electron chi connectivity index (χ0n) is 10.1. The van der Waals surface area contributed by atoms with Gasteiger partial charge in [-0.2, -0.15) is 5.26 Å². The van der Waals surface area contributed by atoms with Crippen LogP contribution in [0.25, 0.3) is 0 Å². The van der Waals surface area contributed by atoms with Gasteiger partial charge in [0.25, 0.3) is 0 Å². The van der Waals surface area contributed by atoms with Crippen molar-refractivity contribution in [1.29, 1.82) is 5.26 Å². The molecule has 1 unspecified atom stereocenters. The number of rotatable bonds is 4. The van der Waals surface area contributed by atoms with E-state index in [0.29, 0.717) is 0 Å². The van der Waals surface area contributed by atoms with E-state index in [1.807, 2.05) is 0 Å². The molecule has 5 nitrogen and oxygen atoms in total. The normalized spacial score (nSPS) is 13.4. The summed E-state index contributed by atoms with van der Waals surface area (Å²) in [7, 11) is 0. The molecule has 0 bridgehead atoms. The molecule has 19 heavy (non-hydrogen) atoms. The van der Waals surface area contributed by atoms with Crippen LogP contribution in [0, 0.1) is 17.1 Å². The number of halogens is 2. The lowest BCUT2D eigenvalue weighted by Crippen LogP contribution is -2.31. The number of esters is 1. The van der Waals surface area contributed by atoms with Crippen molar-refractivity contribution < 1.29 is 23.4 Å². The summed E-state index contributed by atoms with van der Waals surface area (Å²) >= 11 is 0. The summed E-state index contributed by atoms with van der Waals surface area (Å²) in [6, 6.07) is 1.77. The fourth-order valence-corrected chi connectivity index (χ4v) is 1.48. The third-order valence-electron chi connectivity index (χ3n) is 2.46. The Hall–Kier alpha value is -2.20. The largest absolute Gasteiger partial charge is 0.506 e. The van der Waals surface area contributed by atoms with E-state index >= 15 is 0 Å². The molecule has 102 valence electrons. The second-order valence-corrected chi connectivity index (χ2v) is 3.65. The molecule has 2 atom stereocenters. The predicted octanol–water partition coefficient (Wildman–Crippen LogP) is 1.30. The van der Waals surface area contributed by atoms with Gasteiger partial charge in [-0.15, -0.1) is 0 Å². The summed E-state index contributed by atoms with van der Waals surface area (Å²) < 4.78 is 31.3. The summed E-state index contributed by atoms with van der Waals surface area (Å²) in [6.45, 7) is 1.48. The number of ether oxygens (including phenoxy) is 1. The molecule has 0 fully saturated rings. The van der Waals surface area contributed by atoms with E-state index in [9.17, 15) is 18.7 Å². The second kappa shape index (κ2) is 6.11. The van der Waals surface area contributed by atoms with Gasteiger partial charge in [0.1, 0.15) is 23.2 Å². The van der Waals surface area contributed by atoms with E-state index < -0.39 is 35.3 Å². The van der Waals surface area contributed by atoms with Crippen LogP contribution in [0.1, 0.15) is 24.1 Å². The van der Waals surface area contributed by atoms with E-state index in [2.05, 4.69) is 4.74 Å². The molecule has 0 spiro atoms. The van der Waals surface area contributed by atoms with Gasteiger partial charge in [-0.25, -0.2) is 13.6 Å². The van der Waals surface area contributed by atoms with Crippen LogP contribution in [0.4, 0.5) is 8.78 Å². The average molecular weight is 270 g/mol. The van der Waals surface area contributed by atoms with Crippen LogP contribution in [-0.2, 0) is 9.53 Å². The number of carbonyl (C=O) groups excluding carboxylic acids is 1. The van der Waals surface area contributed by atoms with Crippen LogP contribution in [0.2, 0.25) is 0 Å². The first kappa shape index (κ1) is 14.9. The van der Waals surface area contributed by atoms with Crippen molar-refractivity contribution in [2.45, 2.75) is 19.1 Å². The van der Waals surface area contributed by atoms with Crippen molar-refractivity contribution in [3.63, 3.8) is 0 Å². The van der Waals surface area contributed by atoms with Crippen molar-refractivity contribution in [3.05, 3.63) is 29.1 Å².